The summed E-state index contributed by atoms with van der Waals surface area (Å²) in [6.45, 7) is 0.423. The van der Waals surface area contributed by atoms with Crippen molar-refractivity contribution in [2.75, 3.05) is 32.4 Å². The lowest BCUT2D eigenvalue weighted by molar-refractivity contribution is 0.0697. The van der Waals surface area contributed by atoms with Gasteiger partial charge in [0.25, 0.3) is 5.91 Å². The van der Waals surface area contributed by atoms with Gasteiger partial charge < -0.3 is 4.90 Å². The molecule has 0 saturated carbocycles. The third kappa shape index (κ3) is 3.35. The topological polar surface area (TPSA) is 57.7 Å². The standard InChI is InChI=1S/C12H13F3N2O3S/c1-21(19,20)17-4-2-16(3-5-17)12(18)8-6-9(13)11(15)10(14)7-8/h6-7H,2-5H2,1H3. The number of amides is 1. The van der Waals surface area contributed by atoms with Crippen LogP contribution in [0.15, 0.2) is 12.1 Å². The van der Waals surface area contributed by atoms with Crippen molar-refractivity contribution in [3.05, 3.63) is 35.1 Å². The molecule has 0 aliphatic carbocycles. The predicted molar refractivity (Wildman–Crippen MR) is 68.6 cm³/mol. The molecule has 0 bridgehead atoms. The Morgan fingerprint density at radius 2 is 1.52 bits per heavy atom. The third-order valence-electron chi connectivity index (χ3n) is 3.23. The molecule has 1 aromatic carbocycles. The van der Waals surface area contributed by atoms with Gasteiger partial charge in [-0.15, -0.1) is 0 Å². The van der Waals surface area contributed by atoms with Crippen molar-refractivity contribution in [1.29, 1.82) is 0 Å². The van der Waals surface area contributed by atoms with Crippen molar-refractivity contribution >= 4 is 15.9 Å². The Hall–Kier alpha value is -1.61. The molecule has 116 valence electrons. The van der Waals surface area contributed by atoms with Gasteiger partial charge in [-0.25, -0.2) is 21.6 Å². The molecule has 0 spiro atoms. The van der Waals surface area contributed by atoms with Gasteiger partial charge in [-0.1, -0.05) is 0 Å². The Kier molecular flexibility index (Phi) is 4.24. The zero-order chi connectivity index (χ0) is 15.8. The maximum absolute atomic E-state index is 13.1. The van der Waals surface area contributed by atoms with Gasteiger partial charge >= 0.3 is 0 Å². The molecular formula is C12H13F3N2O3S. The van der Waals surface area contributed by atoms with E-state index < -0.39 is 33.4 Å². The first-order valence-electron chi connectivity index (χ1n) is 6.09. The van der Waals surface area contributed by atoms with E-state index in [-0.39, 0.29) is 31.7 Å². The van der Waals surface area contributed by atoms with Crippen LogP contribution < -0.4 is 0 Å². The van der Waals surface area contributed by atoms with Crippen LogP contribution in [0, 0.1) is 17.5 Å². The molecule has 0 N–H and O–H groups in total. The molecule has 1 fully saturated rings. The minimum atomic E-state index is -3.33. The number of hydrogen-bond donors (Lipinski definition) is 0. The molecule has 0 aromatic heterocycles. The second-order valence-corrected chi connectivity index (χ2v) is 6.69. The second kappa shape index (κ2) is 5.64. The van der Waals surface area contributed by atoms with Crippen molar-refractivity contribution in [3.8, 4) is 0 Å². The zero-order valence-electron chi connectivity index (χ0n) is 11.1. The van der Waals surface area contributed by atoms with Crippen LogP contribution in [-0.2, 0) is 10.0 Å². The van der Waals surface area contributed by atoms with Crippen LogP contribution >= 0.6 is 0 Å². The predicted octanol–water partition coefficient (Wildman–Crippen LogP) is 0.821. The van der Waals surface area contributed by atoms with Crippen molar-refractivity contribution in [1.82, 2.24) is 9.21 Å². The summed E-state index contributed by atoms with van der Waals surface area (Å²) >= 11 is 0. The Morgan fingerprint density at radius 1 is 1.05 bits per heavy atom. The number of piperazine rings is 1. The van der Waals surface area contributed by atoms with Crippen LogP contribution in [0.3, 0.4) is 0 Å². The summed E-state index contributed by atoms with van der Waals surface area (Å²) in [7, 11) is -3.33. The molecule has 1 heterocycles. The van der Waals surface area contributed by atoms with Gasteiger partial charge in [0.1, 0.15) is 0 Å². The minimum absolute atomic E-state index is 0.104. The van der Waals surface area contributed by atoms with E-state index in [1.165, 1.54) is 9.21 Å². The fourth-order valence-electron chi connectivity index (χ4n) is 2.08. The van der Waals surface area contributed by atoms with Crippen LogP contribution in [0.1, 0.15) is 10.4 Å². The first kappa shape index (κ1) is 15.8. The van der Waals surface area contributed by atoms with E-state index in [0.29, 0.717) is 12.1 Å². The maximum Gasteiger partial charge on any atom is 0.254 e. The molecule has 21 heavy (non-hydrogen) atoms. The number of carbonyl (C=O) groups is 1. The number of rotatable bonds is 2. The Morgan fingerprint density at radius 3 is 1.95 bits per heavy atom. The molecule has 9 heteroatoms. The van der Waals surface area contributed by atoms with Crippen LogP contribution in [0.25, 0.3) is 0 Å². The van der Waals surface area contributed by atoms with E-state index in [9.17, 15) is 26.4 Å². The first-order valence-corrected chi connectivity index (χ1v) is 7.94. The molecule has 1 aliphatic heterocycles. The maximum atomic E-state index is 13.1. The molecule has 1 aromatic rings. The van der Waals surface area contributed by atoms with E-state index in [1.54, 1.807) is 0 Å². The number of halogens is 3. The normalized spacial score (nSPS) is 17.0. The number of sulfonamides is 1. The highest BCUT2D eigenvalue weighted by molar-refractivity contribution is 7.88. The molecule has 1 saturated heterocycles. The van der Waals surface area contributed by atoms with Crippen LogP contribution in [0.4, 0.5) is 13.2 Å². The largest absolute Gasteiger partial charge is 0.336 e. The van der Waals surface area contributed by atoms with Crippen molar-refractivity contribution < 1.29 is 26.4 Å². The van der Waals surface area contributed by atoms with Crippen molar-refractivity contribution in [3.63, 3.8) is 0 Å². The number of benzene rings is 1. The fourth-order valence-corrected chi connectivity index (χ4v) is 2.91. The average Bonchev–Trinajstić information content (AvgIpc) is 2.42. The van der Waals surface area contributed by atoms with E-state index in [4.69, 9.17) is 0 Å². The zero-order valence-corrected chi connectivity index (χ0v) is 12.0. The number of carbonyl (C=O) groups excluding carboxylic acids is 1. The van der Waals surface area contributed by atoms with E-state index in [1.807, 2.05) is 0 Å². The lowest BCUT2D eigenvalue weighted by atomic mass is 10.1. The molecular weight excluding hydrogens is 309 g/mol. The van der Waals surface area contributed by atoms with Crippen LogP contribution in [0.2, 0.25) is 0 Å². The Labute approximate surface area is 120 Å². The summed E-state index contributed by atoms with van der Waals surface area (Å²) in [5.41, 5.74) is -0.306. The Balaban J connectivity index is 2.13. The van der Waals surface area contributed by atoms with E-state index in [0.717, 1.165) is 6.26 Å². The van der Waals surface area contributed by atoms with Gasteiger partial charge in [-0.2, -0.15) is 4.31 Å². The molecule has 2 rings (SSSR count). The average molecular weight is 322 g/mol. The van der Waals surface area contributed by atoms with Crippen molar-refractivity contribution in [2.24, 2.45) is 0 Å². The van der Waals surface area contributed by atoms with Crippen LogP contribution in [-0.4, -0.2) is 56.0 Å². The summed E-state index contributed by atoms with van der Waals surface area (Å²) in [6, 6.07) is 1.26. The monoisotopic (exact) mass is 322 g/mol. The Bertz CT molecular complexity index is 647. The summed E-state index contributed by atoms with van der Waals surface area (Å²) in [6.07, 6.45) is 1.06. The highest BCUT2D eigenvalue weighted by Gasteiger charge is 2.27. The highest BCUT2D eigenvalue weighted by atomic mass is 32.2. The molecule has 1 amide bonds. The molecule has 1 aliphatic rings. The van der Waals surface area contributed by atoms with Gasteiger partial charge in [-0.3, -0.25) is 4.79 Å². The molecule has 5 nitrogen and oxygen atoms in total. The molecule has 0 atom stereocenters. The lowest BCUT2D eigenvalue weighted by Gasteiger charge is -2.33. The van der Waals surface area contributed by atoms with E-state index in [2.05, 4.69) is 0 Å². The molecule has 0 radical (unpaired) electrons. The van der Waals surface area contributed by atoms with Crippen molar-refractivity contribution in [2.45, 2.75) is 0 Å². The van der Waals surface area contributed by atoms with Gasteiger partial charge in [0.05, 0.1) is 6.26 Å². The number of nitrogens with zero attached hydrogens (tertiary/aromatic N) is 2. The number of hydrogen-bond acceptors (Lipinski definition) is 3. The van der Waals surface area contributed by atoms with Crippen LogP contribution in [0.5, 0.6) is 0 Å². The SMILES string of the molecule is CS(=O)(=O)N1CCN(C(=O)c2cc(F)c(F)c(F)c2)CC1. The summed E-state index contributed by atoms with van der Waals surface area (Å²) in [5.74, 6) is -5.17. The third-order valence-corrected chi connectivity index (χ3v) is 4.53. The molecule has 0 unspecified atom stereocenters. The smallest absolute Gasteiger partial charge is 0.254 e. The van der Waals surface area contributed by atoms with Gasteiger partial charge in [0.2, 0.25) is 10.0 Å². The van der Waals surface area contributed by atoms with E-state index >= 15 is 0 Å². The first-order chi connectivity index (χ1) is 9.70. The second-order valence-electron chi connectivity index (χ2n) is 4.71. The quantitative estimate of drug-likeness (QED) is 0.758. The summed E-state index contributed by atoms with van der Waals surface area (Å²) < 4.78 is 63.0. The van der Waals surface area contributed by atoms with Gasteiger partial charge in [0.15, 0.2) is 17.5 Å². The van der Waals surface area contributed by atoms with Gasteiger partial charge in [0, 0.05) is 31.7 Å². The van der Waals surface area contributed by atoms with Gasteiger partial charge in [-0.05, 0) is 12.1 Å². The summed E-state index contributed by atoms with van der Waals surface area (Å²) in [5, 5.41) is 0. The lowest BCUT2D eigenvalue weighted by Crippen LogP contribution is -2.50. The summed E-state index contributed by atoms with van der Waals surface area (Å²) in [4.78, 5) is 13.3. The highest BCUT2D eigenvalue weighted by Crippen LogP contribution is 2.16. The fraction of sp³-hybridized carbons (Fsp3) is 0.417. The minimum Gasteiger partial charge on any atom is -0.336 e.